The van der Waals surface area contributed by atoms with Crippen molar-refractivity contribution in [2.75, 3.05) is 19.0 Å². The predicted molar refractivity (Wildman–Crippen MR) is 130 cm³/mol. The monoisotopic (exact) mass is 418 g/mol. The van der Waals surface area contributed by atoms with Crippen molar-refractivity contribution in [3.63, 3.8) is 0 Å². The fourth-order valence-corrected chi connectivity index (χ4v) is 3.75. The van der Waals surface area contributed by atoms with Gasteiger partial charge in [0.1, 0.15) is 5.75 Å². The molecule has 0 heterocycles. The maximum Gasteiger partial charge on any atom is 0.319 e. The second-order valence-electron chi connectivity index (χ2n) is 8.42. The van der Waals surface area contributed by atoms with Crippen LogP contribution in [0.1, 0.15) is 110 Å². The van der Waals surface area contributed by atoms with Gasteiger partial charge in [0.2, 0.25) is 0 Å². The summed E-state index contributed by atoms with van der Waals surface area (Å²) in [4.78, 5) is 11.9. The number of rotatable bonds is 19. The lowest BCUT2D eigenvalue weighted by atomic mass is 10.0. The van der Waals surface area contributed by atoms with Crippen LogP contribution in [0.4, 0.5) is 10.5 Å². The molecule has 0 fully saturated rings. The molecule has 0 unspecified atom stereocenters. The molecule has 0 saturated carbocycles. The zero-order valence-electron chi connectivity index (χ0n) is 19.6. The molecule has 0 saturated heterocycles. The number of carbonyl (C=O) groups excluding carboxylic acids is 1. The van der Waals surface area contributed by atoms with Crippen molar-refractivity contribution < 1.29 is 9.53 Å². The number of hydrogen-bond donors (Lipinski definition) is 2. The minimum Gasteiger partial charge on any atom is -0.497 e. The molecule has 0 aliphatic rings. The van der Waals surface area contributed by atoms with E-state index in [2.05, 4.69) is 17.6 Å². The number of methoxy groups -OCH3 is 1. The maximum absolute atomic E-state index is 11.9. The smallest absolute Gasteiger partial charge is 0.319 e. The number of anilines is 1. The summed E-state index contributed by atoms with van der Waals surface area (Å²) in [6, 6.07) is 7.25. The van der Waals surface area contributed by atoms with Gasteiger partial charge < -0.3 is 15.4 Å². The number of carbonyl (C=O) groups is 1. The van der Waals surface area contributed by atoms with Gasteiger partial charge in [-0.25, -0.2) is 4.79 Å². The molecule has 2 N–H and O–H groups in total. The van der Waals surface area contributed by atoms with Crippen LogP contribution < -0.4 is 15.4 Å². The molecule has 0 aromatic heterocycles. The molecule has 1 aromatic carbocycles. The highest BCUT2D eigenvalue weighted by atomic mass is 16.5. The van der Waals surface area contributed by atoms with Crippen LogP contribution in [0.2, 0.25) is 0 Å². The van der Waals surface area contributed by atoms with Gasteiger partial charge in [-0.2, -0.15) is 0 Å². The van der Waals surface area contributed by atoms with Crippen molar-refractivity contribution in [3.8, 4) is 5.75 Å². The van der Waals surface area contributed by atoms with Crippen LogP contribution in [0.3, 0.4) is 0 Å². The summed E-state index contributed by atoms with van der Waals surface area (Å²) in [5.74, 6) is 0.741. The Morgan fingerprint density at radius 2 is 1.27 bits per heavy atom. The second-order valence-corrected chi connectivity index (χ2v) is 8.42. The largest absolute Gasteiger partial charge is 0.497 e. The van der Waals surface area contributed by atoms with Crippen LogP contribution in [0.15, 0.2) is 24.3 Å². The molecule has 0 atom stereocenters. The molecular formula is C26H46N2O2. The van der Waals surface area contributed by atoms with Crippen LogP contribution in [0, 0.1) is 0 Å². The van der Waals surface area contributed by atoms with Crippen molar-refractivity contribution >= 4 is 11.7 Å². The van der Waals surface area contributed by atoms with Crippen molar-refractivity contribution in [3.05, 3.63) is 24.3 Å². The van der Waals surface area contributed by atoms with E-state index in [0.29, 0.717) is 0 Å². The highest BCUT2D eigenvalue weighted by molar-refractivity contribution is 5.89. The molecule has 2 amide bonds. The number of nitrogens with one attached hydrogen (secondary N) is 2. The lowest BCUT2D eigenvalue weighted by molar-refractivity contribution is 0.252. The van der Waals surface area contributed by atoms with Gasteiger partial charge in [0, 0.05) is 18.3 Å². The van der Waals surface area contributed by atoms with Crippen LogP contribution in [-0.4, -0.2) is 19.7 Å². The Bertz CT molecular complexity index is 534. The summed E-state index contributed by atoms with van der Waals surface area (Å²) in [6.07, 6.45) is 21.8. The Morgan fingerprint density at radius 1 is 0.767 bits per heavy atom. The Labute approximate surface area is 185 Å². The summed E-state index contributed by atoms with van der Waals surface area (Å²) in [6.45, 7) is 3.01. The Kier molecular flexibility index (Phi) is 16.9. The summed E-state index contributed by atoms with van der Waals surface area (Å²) in [5.41, 5.74) is 0.749. The number of hydrogen-bond acceptors (Lipinski definition) is 2. The third-order valence-electron chi connectivity index (χ3n) is 5.64. The van der Waals surface area contributed by atoms with E-state index in [1.54, 1.807) is 7.11 Å². The van der Waals surface area contributed by atoms with Crippen LogP contribution in [-0.2, 0) is 0 Å². The second kappa shape index (κ2) is 19.3. The van der Waals surface area contributed by atoms with E-state index in [1.807, 2.05) is 24.3 Å². The summed E-state index contributed by atoms with van der Waals surface area (Å²) in [5, 5.41) is 5.77. The van der Waals surface area contributed by atoms with Gasteiger partial charge in [0.05, 0.1) is 7.11 Å². The molecule has 4 nitrogen and oxygen atoms in total. The molecule has 0 spiro atoms. The van der Waals surface area contributed by atoms with Gasteiger partial charge in [-0.15, -0.1) is 0 Å². The number of amides is 2. The van der Waals surface area contributed by atoms with E-state index < -0.39 is 0 Å². The first-order chi connectivity index (χ1) is 14.8. The topological polar surface area (TPSA) is 50.4 Å². The molecule has 0 radical (unpaired) electrons. The Hall–Kier alpha value is -1.71. The normalized spacial score (nSPS) is 10.7. The fraction of sp³-hybridized carbons (Fsp3) is 0.731. The van der Waals surface area contributed by atoms with Crippen molar-refractivity contribution in [1.29, 1.82) is 0 Å². The van der Waals surface area contributed by atoms with Crippen LogP contribution in [0.25, 0.3) is 0 Å². The van der Waals surface area contributed by atoms with Gasteiger partial charge in [-0.1, -0.05) is 109 Å². The number of ether oxygens (including phenoxy) is 1. The number of urea groups is 1. The van der Waals surface area contributed by atoms with Crippen molar-refractivity contribution in [2.45, 2.75) is 110 Å². The maximum atomic E-state index is 11.9. The average molecular weight is 419 g/mol. The van der Waals surface area contributed by atoms with Crippen LogP contribution >= 0.6 is 0 Å². The van der Waals surface area contributed by atoms with Crippen molar-refractivity contribution in [2.24, 2.45) is 0 Å². The first-order valence-corrected chi connectivity index (χ1v) is 12.4. The Morgan fingerprint density at radius 3 is 1.77 bits per heavy atom. The summed E-state index contributed by atoms with van der Waals surface area (Å²) >= 11 is 0. The SMILES string of the molecule is CCCCCCCCCCCCCCCCCCNC(=O)Nc1cccc(OC)c1. The molecule has 0 bridgehead atoms. The van der Waals surface area contributed by atoms with Gasteiger partial charge in [0.25, 0.3) is 0 Å². The van der Waals surface area contributed by atoms with E-state index in [4.69, 9.17) is 4.74 Å². The molecule has 4 heteroatoms. The highest BCUT2D eigenvalue weighted by Crippen LogP contribution is 2.16. The number of benzene rings is 1. The average Bonchev–Trinajstić information content (AvgIpc) is 2.76. The molecule has 0 aliphatic carbocycles. The van der Waals surface area contributed by atoms with E-state index in [1.165, 1.54) is 96.3 Å². The van der Waals surface area contributed by atoms with Gasteiger partial charge in [-0.3, -0.25) is 0 Å². The molecule has 30 heavy (non-hydrogen) atoms. The molecule has 1 rings (SSSR count). The zero-order chi connectivity index (χ0) is 21.7. The van der Waals surface area contributed by atoms with Gasteiger partial charge in [0.15, 0.2) is 0 Å². The molecule has 1 aromatic rings. The molecule has 172 valence electrons. The van der Waals surface area contributed by atoms with E-state index in [-0.39, 0.29) is 6.03 Å². The third-order valence-corrected chi connectivity index (χ3v) is 5.64. The van der Waals surface area contributed by atoms with E-state index in [9.17, 15) is 4.79 Å². The van der Waals surface area contributed by atoms with Crippen LogP contribution in [0.5, 0.6) is 5.75 Å². The quantitative estimate of drug-likeness (QED) is 0.223. The fourth-order valence-electron chi connectivity index (χ4n) is 3.75. The third kappa shape index (κ3) is 15.2. The van der Waals surface area contributed by atoms with E-state index >= 15 is 0 Å². The first kappa shape index (κ1) is 26.3. The van der Waals surface area contributed by atoms with E-state index in [0.717, 1.165) is 24.4 Å². The lowest BCUT2D eigenvalue weighted by Crippen LogP contribution is -2.29. The number of unbranched alkanes of at least 4 members (excludes halogenated alkanes) is 15. The Balaban J connectivity index is 1.81. The minimum atomic E-state index is -0.149. The summed E-state index contributed by atoms with van der Waals surface area (Å²) < 4.78 is 5.16. The first-order valence-electron chi connectivity index (χ1n) is 12.4. The lowest BCUT2D eigenvalue weighted by Gasteiger charge is -2.08. The standard InChI is InChI=1S/C26H46N2O2/c1-3-4-5-6-7-8-9-10-11-12-13-14-15-16-17-18-22-27-26(29)28-24-20-19-21-25(23-24)30-2/h19-21,23H,3-18,22H2,1-2H3,(H2,27,28,29). The van der Waals surface area contributed by atoms with Gasteiger partial charge >= 0.3 is 6.03 Å². The zero-order valence-corrected chi connectivity index (χ0v) is 19.6. The van der Waals surface area contributed by atoms with Crippen molar-refractivity contribution in [1.82, 2.24) is 5.32 Å². The van der Waals surface area contributed by atoms with Gasteiger partial charge in [-0.05, 0) is 18.6 Å². The predicted octanol–water partition coefficient (Wildman–Crippen LogP) is 8.08. The minimum absolute atomic E-state index is 0.149. The molecular weight excluding hydrogens is 372 g/mol. The molecule has 0 aliphatic heterocycles. The summed E-state index contributed by atoms with van der Waals surface area (Å²) in [7, 11) is 1.62. The highest BCUT2D eigenvalue weighted by Gasteiger charge is 2.02.